The van der Waals surface area contributed by atoms with Crippen LogP contribution in [-0.4, -0.2) is 36.5 Å². The van der Waals surface area contributed by atoms with Crippen LogP contribution in [0.1, 0.15) is 44.9 Å². The lowest BCUT2D eigenvalue weighted by atomic mass is 9.87. The second-order valence-corrected chi connectivity index (χ2v) is 4.83. The highest BCUT2D eigenvalue weighted by Gasteiger charge is 2.32. The molecule has 0 bridgehead atoms. The van der Waals surface area contributed by atoms with E-state index in [0.29, 0.717) is 13.2 Å². The first-order valence-corrected chi connectivity index (χ1v) is 6.25. The van der Waals surface area contributed by atoms with Gasteiger partial charge in [0.2, 0.25) is 0 Å². The summed E-state index contributed by atoms with van der Waals surface area (Å²) in [5.41, 5.74) is 0.178. The molecule has 1 saturated carbocycles. The van der Waals surface area contributed by atoms with E-state index in [1.54, 1.807) is 0 Å². The summed E-state index contributed by atoms with van der Waals surface area (Å²) in [5, 5.41) is 21.4. The second-order valence-electron chi connectivity index (χ2n) is 4.83. The molecule has 3 heteroatoms. The Bertz CT molecular complexity index is 156. The fourth-order valence-corrected chi connectivity index (χ4v) is 2.41. The third kappa shape index (κ3) is 4.49. The van der Waals surface area contributed by atoms with Crippen LogP contribution in [0.3, 0.4) is 0 Å². The predicted molar refractivity (Wildman–Crippen MR) is 61.8 cm³/mol. The fourth-order valence-electron chi connectivity index (χ4n) is 2.41. The minimum absolute atomic E-state index is 0.178. The quantitative estimate of drug-likeness (QED) is 0.535. The van der Waals surface area contributed by atoms with E-state index < -0.39 is 0 Å². The van der Waals surface area contributed by atoms with Gasteiger partial charge >= 0.3 is 0 Å². The highest BCUT2D eigenvalue weighted by molar-refractivity contribution is 4.85. The number of aliphatic hydroxyl groups excluding tert-OH is 2. The monoisotopic (exact) mass is 215 g/mol. The standard InChI is InChI=1S/C12H25NO2/c14-9-5-1-4-8-13-10-12(11-15)6-2-3-7-12/h13-15H,1-11H2. The molecule has 0 saturated heterocycles. The van der Waals surface area contributed by atoms with E-state index >= 15 is 0 Å². The van der Waals surface area contributed by atoms with Gasteiger partial charge in [0.1, 0.15) is 0 Å². The van der Waals surface area contributed by atoms with Gasteiger partial charge in [-0.1, -0.05) is 12.8 Å². The van der Waals surface area contributed by atoms with Crippen LogP contribution in [0.2, 0.25) is 0 Å². The van der Waals surface area contributed by atoms with E-state index in [1.165, 1.54) is 25.7 Å². The van der Waals surface area contributed by atoms with Crippen LogP contribution < -0.4 is 5.32 Å². The summed E-state index contributed by atoms with van der Waals surface area (Å²) >= 11 is 0. The zero-order valence-corrected chi connectivity index (χ0v) is 9.67. The second kappa shape index (κ2) is 7.20. The lowest BCUT2D eigenvalue weighted by Gasteiger charge is -2.26. The molecule has 15 heavy (non-hydrogen) atoms. The molecule has 3 N–H and O–H groups in total. The molecule has 0 aliphatic heterocycles. The van der Waals surface area contributed by atoms with Crippen molar-refractivity contribution in [1.29, 1.82) is 0 Å². The average molecular weight is 215 g/mol. The smallest absolute Gasteiger partial charge is 0.0499 e. The van der Waals surface area contributed by atoms with Gasteiger partial charge in [0.05, 0.1) is 0 Å². The maximum absolute atomic E-state index is 9.38. The van der Waals surface area contributed by atoms with Crippen molar-refractivity contribution >= 4 is 0 Å². The zero-order valence-electron chi connectivity index (χ0n) is 9.67. The van der Waals surface area contributed by atoms with Gasteiger partial charge in [0.15, 0.2) is 0 Å². The van der Waals surface area contributed by atoms with E-state index in [0.717, 1.165) is 32.4 Å². The van der Waals surface area contributed by atoms with Gasteiger partial charge in [-0.3, -0.25) is 0 Å². The zero-order chi connectivity index (χ0) is 11.0. The summed E-state index contributed by atoms with van der Waals surface area (Å²) in [6.45, 7) is 2.61. The van der Waals surface area contributed by atoms with Crippen LogP contribution in [0, 0.1) is 5.41 Å². The van der Waals surface area contributed by atoms with Gasteiger partial charge < -0.3 is 15.5 Å². The average Bonchev–Trinajstić information content (AvgIpc) is 2.73. The lowest BCUT2D eigenvalue weighted by Crippen LogP contribution is -2.35. The minimum Gasteiger partial charge on any atom is -0.396 e. The van der Waals surface area contributed by atoms with Gasteiger partial charge in [-0.2, -0.15) is 0 Å². The summed E-state index contributed by atoms with van der Waals surface area (Å²) in [6.07, 6.45) is 8.02. The molecule has 0 aromatic rings. The topological polar surface area (TPSA) is 52.5 Å². The maximum atomic E-state index is 9.38. The predicted octanol–water partition coefficient (Wildman–Crippen LogP) is 1.29. The highest BCUT2D eigenvalue weighted by atomic mass is 16.3. The number of unbranched alkanes of at least 4 members (excludes halogenated alkanes) is 2. The van der Waals surface area contributed by atoms with E-state index in [4.69, 9.17) is 5.11 Å². The van der Waals surface area contributed by atoms with Gasteiger partial charge in [-0.15, -0.1) is 0 Å². The number of hydrogen-bond acceptors (Lipinski definition) is 3. The first kappa shape index (κ1) is 12.9. The van der Waals surface area contributed by atoms with Crippen LogP contribution >= 0.6 is 0 Å². The SMILES string of the molecule is OCCCCCNCC1(CO)CCCC1. The van der Waals surface area contributed by atoms with E-state index in [1.807, 2.05) is 0 Å². The fraction of sp³-hybridized carbons (Fsp3) is 1.00. The van der Waals surface area contributed by atoms with Crippen LogP contribution in [-0.2, 0) is 0 Å². The lowest BCUT2D eigenvalue weighted by molar-refractivity contribution is 0.128. The van der Waals surface area contributed by atoms with Crippen LogP contribution in [0.25, 0.3) is 0 Å². The Labute approximate surface area is 92.9 Å². The van der Waals surface area contributed by atoms with Crippen molar-refractivity contribution in [2.24, 2.45) is 5.41 Å². The number of aliphatic hydroxyl groups is 2. The van der Waals surface area contributed by atoms with Crippen molar-refractivity contribution < 1.29 is 10.2 Å². The molecule has 0 amide bonds. The Kier molecular flexibility index (Phi) is 6.22. The number of nitrogens with one attached hydrogen (secondary N) is 1. The van der Waals surface area contributed by atoms with Gasteiger partial charge in [-0.25, -0.2) is 0 Å². The molecular weight excluding hydrogens is 190 g/mol. The molecule has 3 nitrogen and oxygen atoms in total. The minimum atomic E-state index is 0.178. The van der Waals surface area contributed by atoms with Crippen molar-refractivity contribution in [3.63, 3.8) is 0 Å². The molecule has 90 valence electrons. The summed E-state index contributed by atoms with van der Waals surface area (Å²) in [5.74, 6) is 0. The van der Waals surface area contributed by atoms with Crippen LogP contribution in [0.4, 0.5) is 0 Å². The Morgan fingerprint density at radius 3 is 2.33 bits per heavy atom. The summed E-state index contributed by atoms with van der Waals surface area (Å²) in [4.78, 5) is 0. The molecule has 0 aromatic carbocycles. The Balaban J connectivity index is 2.02. The van der Waals surface area contributed by atoms with Crippen LogP contribution in [0.15, 0.2) is 0 Å². The molecule has 0 heterocycles. The summed E-state index contributed by atoms with van der Waals surface area (Å²) < 4.78 is 0. The van der Waals surface area contributed by atoms with Crippen molar-refractivity contribution in [2.45, 2.75) is 44.9 Å². The summed E-state index contributed by atoms with van der Waals surface area (Å²) in [6, 6.07) is 0. The molecule has 0 radical (unpaired) electrons. The van der Waals surface area contributed by atoms with Crippen molar-refractivity contribution in [2.75, 3.05) is 26.3 Å². The largest absolute Gasteiger partial charge is 0.396 e. The molecule has 1 fully saturated rings. The maximum Gasteiger partial charge on any atom is 0.0499 e. The molecule has 1 aliphatic carbocycles. The van der Waals surface area contributed by atoms with E-state index in [9.17, 15) is 5.11 Å². The normalized spacial score (nSPS) is 19.6. The van der Waals surface area contributed by atoms with E-state index in [-0.39, 0.29) is 5.41 Å². The molecule has 0 unspecified atom stereocenters. The van der Waals surface area contributed by atoms with Gasteiger partial charge in [0, 0.05) is 25.2 Å². The number of hydrogen-bond donors (Lipinski definition) is 3. The Morgan fingerprint density at radius 2 is 1.73 bits per heavy atom. The molecular formula is C12H25NO2. The van der Waals surface area contributed by atoms with E-state index in [2.05, 4.69) is 5.32 Å². The van der Waals surface area contributed by atoms with Crippen molar-refractivity contribution in [1.82, 2.24) is 5.32 Å². The Hall–Kier alpha value is -0.120. The highest BCUT2D eigenvalue weighted by Crippen LogP contribution is 2.36. The Morgan fingerprint density at radius 1 is 1.00 bits per heavy atom. The van der Waals surface area contributed by atoms with Crippen molar-refractivity contribution in [3.8, 4) is 0 Å². The molecule has 0 atom stereocenters. The molecule has 0 aromatic heterocycles. The number of rotatable bonds is 8. The van der Waals surface area contributed by atoms with Gasteiger partial charge in [-0.05, 0) is 38.6 Å². The molecule has 1 aliphatic rings. The first-order valence-electron chi connectivity index (χ1n) is 6.25. The molecule has 0 spiro atoms. The molecule has 1 rings (SSSR count). The third-order valence-electron chi connectivity index (χ3n) is 3.51. The third-order valence-corrected chi connectivity index (χ3v) is 3.51. The van der Waals surface area contributed by atoms with Crippen LogP contribution in [0.5, 0.6) is 0 Å². The summed E-state index contributed by atoms with van der Waals surface area (Å²) in [7, 11) is 0. The van der Waals surface area contributed by atoms with Crippen molar-refractivity contribution in [3.05, 3.63) is 0 Å². The first-order chi connectivity index (χ1) is 7.33. The van der Waals surface area contributed by atoms with Gasteiger partial charge in [0.25, 0.3) is 0 Å².